The SMILES string of the molecule is C[C@H](NC(=O)c1ccc(Br)s1)C(=O)N(CCO)C1CC1. The first-order valence-electron chi connectivity index (χ1n) is 6.50. The molecule has 1 saturated carbocycles. The van der Waals surface area contributed by atoms with E-state index in [-0.39, 0.29) is 24.5 Å². The second-order valence-electron chi connectivity index (χ2n) is 4.79. The Morgan fingerprint density at radius 3 is 2.75 bits per heavy atom. The van der Waals surface area contributed by atoms with Crippen molar-refractivity contribution in [3.8, 4) is 0 Å². The van der Waals surface area contributed by atoms with Crippen LogP contribution in [0.1, 0.15) is 29.4 Å². The van der Waals surface area contributed by atoms with Crippen LogP contribution < -0.4 is 5.32 Å². The first kappa shape index (κ1) is 15.5. The smallest absolute Gasteiger partial charge is 0.262 e. The number of halogens is 1. The lowest BCUT2D eigenvalue weighted by Gasteiger charge is -2.25. The highest BCUT2D eigenvalue weighted by molar-refractivity contribution is 9.11. The van der Waals surface area contributed by atoms with Crippen molar-refractivity contribution in [2.45, 2.75) is 31.8 Å². The molecule has 1 atom stereocenters. The molecule has 0 spiro atoms. The van der Waals surface area contributed by atoms with Gasteiger partial charge in [-0.15, -0.1) is 11.3 Å². The van der Waals surface area contributed by atoms with Crippen molar-refractivity contribution >= 4 is 39.1 Å². The molecule has 1 heterocycles. The number of aliphatic hydroxyl groups excluding tert-OH is 1. The van der Waals surface area contributed by atoms with Gasteiger partial charge in [-0.2, -0.15) is 0 Å². The number of hydrogen-bond donors (Lipinski definition) is 2. The van der Waals surface area contributed by atoms with Gasteiger partial charge in [0.15, 0.2) is 0 Å². The molecule has 2 amide bonds. The molecule has 1 aliphatic carbocycles. The van der Waals surface area contributed by atoms with E-state index in [0.29, 0.717) is 11.4 Å². The molecule has 0 saturated heterocycles. The van der Waals surface area contributed by atoms with Crippen LogP contribution in [0.25, 0.3) is 0 Å². The Hall–Kier alpha value is -0.920. The van der Waals surface area contributed by atoms with Crippen LogP contribution in [0.15, 0.2) is 15.9 Å². The normalized spacial score (nSPS) is 15.8. The summed E-state index contributed by atoms with van der Waals surface area (Å²) in [5.41, 5.74) is 0. The summed E-state index contributed by atoms with van der Waals surface area (Å²) >= 11 is 4.63. The number of thiophene rings is 1. The van der Waals surface area contributed by atoms with Crippen molar-refractivity contribution < 1.29 is 14.7 Å². The standard InChI is InChI=1S/C13H17BrN2O3S/c1-8(13(19)16(6-7-17)9-2-3-9)15-12(18)10-4-5-11(14)20-10/h4-5,8-9,17H,2-3,6-7H2,1H3,(H,15,18)/t8-/m0/s1. The lowest BCUT2D eigenvalue weighted by Crippen LogP contribution is -2.48. The molecule has 7 heteroatoms. The fourth-order valence-corrected chi connectivity index (χ4v) is 3.27. The van der Waals surface area contributed by atoms with Gasteiger partial charge in [-0.3, -0.25) is 9.59 Å². The van der Waals surface area contributed by atoms with Crippen molar-refractivity contribution in [3.63, 3.8) is 0 Å². The number of carbonyl (C=O) groups excluding carboxylic acids is 2. The summed E-state index contributed by atoms with van der Waals surface area (Å²) < 4.78 is 0.876. The predicted molar refractivity (Wildman–Crippen MR) is 80.8 cm³/mol. The van der Waals surface area contributed by atoms with Crippen LogP contribution in [-0.4, -0.2) is 47.1 Å². The van der Waals surface area contributed by atoms with Crippen LogP contribution in [0.4, 0.5) is 0 Å². The van der Waals surface area contributed by atoms with Crippen molar-refractivity contribution in [3.05, 3.63) is 20.8 Å². The molecule has 1 aromatic rings. The maximum absolute atomic E-state index is 12.3. The Morgan fingerprint density at radius 2 is 2.25 bits per heavy atom. The first-order chi connectivity index (χ1) is 9.52. The number of carbonyl (C=O) groups is 2. The van der Waals surface area contributed by atoms with Crippen LogP contribution in [0.3, 0.4) is 0 Å². The monoisotopic (exact) mass is 360 g/mol. The van der Waals surface area contributed by atoms with Gasteiger partial charge in [-0.1, -0.05) is 0 Å². The number of hydrogen-bond acceptors (Lipinski definition) is 4. The number of rotatable bonds is 6. The van der Waals surface area contributed by atoms with E-state index in [0.717, 1.165) is 16.6 Å². The van der Waals surface area contributed by atoms with Crippen LogP contribution in [0.5, 0.6) is 0 Å². The van der Waals surface area contributed by atoms with Gasteiger partial charge < -0.3 is 15.3 Å². The Kier molecular flexibility index (Phi) is 5.17. The highest BCUT2D eigenvalue weighted by Crippen LogP contribution is 2.27. The number of nitrogens with one attached hydrogen (secondary N) is 1. The largest absolute Gasteiger partial charge is 0.395 e. The highest BCUT2D eigenvalue weighted by atomic mass is 79.9. The molecule has 0 aromatic carbocycles. The molecular weight excluding hydrogens is 344 g/mol. The summed E-state index contributed by atoms with van der Waals surface area (Å²) in [5, 5.41) is 11.7. The predicted octanol–water partition coefficient (Wildman–Crippen LogP) is 1.61. The van der Waals surface area contributed by atoms with E-state index < -0.39 is 6.04 Å². The Bertz CT molecular complexity index is 502. The summed E-state index contributed by atoms with van der Waals surface area (Å²) in [6, 6.07) is 3.16. The van der Waals surface area contributed by atoms with Crippen molar-refractivity contribution in [1.82, 2.24) is 10.2 Å². The lowest BCUT2D eigenvalue weighted by molar-refractivity contribution is -0.133. The van der Waals surface area contributed by atoms with Crippen LogP contribution in [-0.2, 0) is 4.79 Å². The first-order valence-corrected chi connectivity index (χ1v) is 8.11. The summed E-state index contributed by atoms with van der Waals surface area (Å²) in [4.78, 5) is 26.5. The second-order valence-corrected chi connectivity index (χ2v) is 7.25. The molecule has 1 aliphatic rings. The minimum Gasteiger partial charge on any atom is -0.395 e. The number of amides is 2. The third-order valence-corrected chi connectivity index (χ3v) is 4.75. The van der Waals surface area contributed by atoms with Gasteiger partial charge in [0.25, 0.3) is 5.91 Å². The van der Waals surface area contributed by atoms with E-state index in [1.165, 1.54) is 11.3 Å². The minimum atomic E-state index is -0.587. The molecule has 2 N–H and O–H groups in total. The summed E-state index contributed by atoms with van der Waals surface area (Å²) in [6.07, 6.45) is 1.95. The van der Waals surface area contributed by atoms with E-state index in [2.05, 4.69) is 21.2 Å². The zero-order chi connectivity index (χ0) is 14.7. The van der Waals surface area contributed by atoms with Gasteiger partial charge >= 0.3 is 0 Å². The minimum absolute atomic E-state index is 0.0548. The zero-order valence-electron chi connectivity index (χ0n) is 11.1. The number of aliphatic hydroxyl groups is 1. The molecule has 5 nitrogen and oxygen atoms in total. The van der Waals surface area contributed by atoms with Crippen LogP contribution in [0.2, 0.25) is 0 Å². The van der Waals surface area contributed by atoms with Gasteiger partial charge in [-0.05, 0) is 47.8 Å². The molecule has 1 aromatic heterocycles. The Morgan fingerprint density at radius 1 is 1.55 bits per heavy atom. The van der Waals surface area contributed by atoms with Gasteiger partial charge in [0.05, 0.1) is 15.3 Å². The highest BCUT2D eigenvalue weighted by Gasteiger charge is 2.34. The van der Waals surface area contributed by atoms with E-state index in [1.807, 2.05) is 0 Å². The Balaban J connectivity index is 1.94. The molecule has 0 radical (unpaired) electrons. The second kappa shape index (κ2) is 6.69. The molecule has 110 valence electrons. The maximum Gasteiger partial charge on any atom is 0.262 e. The molecule has 20 heavy (non-hydrogen) atoms. The molecule has 2 rings (SSSR count). The van der Waals surface area contributed by atoms with E-state index >= 15 is 0 Å². The summed E-state index contributed by atoms with van der Waals surface area (Å²) in [5.74, 6) is -0.383. The fraction of sp³-hybridized carbons (Fsp3) is 0.538. The summed E-state index contributed by atoms with van der Waals surface area (Å²) in [6.45, 7) is 1.95. The summed E-state index contributed by atoms with van der Waals surface area (Å²) in [7, 11) is 0. The van der Waals surface area contributed by atoms with Crippen molar-refractivity contribution in [2.75, 3.05) is 13.2 Å². The van der Waals surface area contributed by atoms with Crippen LogP contribution in [0, 0.1) is 0 Å². The molecule has 0 aliphatic heterocycles. The van der Waals surface area contributed by atoms with E-state index in [1.54, 1.807) is 24.0 Å². The molecule has 0 unspecified atom stereocenters. The lowest BCUT2D eigenvalue weighted by atomic mass is 10.2. The topological polar surface area (TPSA) is 69.6 Å². The maximum atomic E-state index is 12.3. The van der Waals surface area contributed by atoms with Crippen LogP contribution >= 0.6 is 27.3 Å². The van der Waals surface area contributed by atoms with Crippen molar-refractivity contribution in [2.24, 2.45) is 0 Å². The van der Waals surface area contributed by atoms with Crippen molar-refractivity contribution in [1.29, 1.82) is 0 Å². The third kappa shape index (κ3) is 3.80. The number of nitrogens with zero attached hydrogens (tertiary/aromatic N) is 1. The van der Waals surface area contributed by atoms with E-state index in [9.17, 15) is 9.59 Å². The third-order valence-electron chi connectivity index (χ3n) is 3.13. The average Bonchev–Trinajstić information content (AvgIpc) is 3.16. The van der Waals surface area contributed by atoms with Gasteiger partial charge in [0.2, 0.25) is 5.91 Å². The van der Waals surface area contributed by atoms with E-state index in [4.69, 9.17) is 5.11 Å². The fourth-order valence-electron chi connectivity index (χ4n) is 1.98. The Labute approximate surface area is 130 Å². The average molecular weight is 361 g/mol. The molecular formula is C13H17BrN2O3S. The molecule has 1 fully saturated rings. The zero-order valence-corrected chi connectivity index (χ0v) is 13.5. The molecule has 0 bridgehead atoms. The van der Waals surface area contributed by atoms with Gasteiger partial charge in [0, 0.05) is 12.6 Å². The quantitative estimate of drug-likeness (QED) is 0.809. The van der Waals surface area contributed by atoms with Gasteiger partial charge in [0.1, 0.15) is 6.04 Å². The van der Waals surface area contributed by atoms with Gasteiger partial charge in [-0.25, -0.2) is 0 Å².